The van der Waals surface area contributed by atoms with E-state index in [0.29, 0.717) is 5.56 Å². The van der Waals surface area contributed by atoms with Crippen molar-refractivity contribution in [3.05, 3.63) is 58.4 Å². The van der Waals surface area contributed by atoms with E-state index in [-0.39, 0.29) is 36.5 Å². The number of carbonyl (C=O) groups is 2. The summed E-state index contributed by atoms with van der Waals surface area (Å²) in [6.45, 7) is 0.481. The number of rotatable bonds is 5. The lowest BCUT2D eigenvalue weighted by Gasteiger charge is -2.28. The fraction of sp³-hybridized carbons (Fsp3) is 0.235. The molecule has 0 saturated heterocycles. The number of amides is 1. The summed E-state index contributed by atoms with van der Waals surface area (Å²) in [5.74, 6) is -2.30. The van der Waals surface area contributed by atoms with Crippen LogP contribution in [0.3, 0.4) is 0 Å². The lowest BCUT2D eigenvalue weighted by Crippen LogP contribution is -2.53. The number of carbonyl (C=O) groups excluding carboxylic acids is 1. The fourth-order valence-electron chi connectivity index (χ4n) is 2.98. The van der Waals surface area contributed by atoms with E-state index >= 15 is 0 Å². The Morgan fingerprint density at radius 1 is 1.30 bits per heavy atom. The molecule has 1 atom stereocenters. The average molecular weight is 370 g/mol. The normalized spacial score (nSPS) is 15.7. The van der Waals surface area contributed by atoms with Gasteiger partial charge in [0.15, 0.2) is 0 Å². The molecule has 3 rings (SSSR count). The molecule has 2 aromatic rings. The van der Waals surface area contributed by atoms with Gasteiger partial charge in [0.1, 0.15) is 11.4 Å². The third-order valence-electron chi connectivity index (χ3n) is 4.42. The molecule has 1 aromatic heterocycles. The summed E-state index contributed by atoms with van der Waals surface area (Å²) in [5.41, 5.74) is 13.4. The summed E-state index contributed by atoms with van der Waals surface area (Å²) in [4.78, 5) is 27.9. The molecule has 9 nitrogen and oxygen atoms in total. The number of pyridine rings is 1. The summed E-state index contributed by atoms with van der Waals surface area (Å²) >= 11 is 0. The number of nitrogens with one attached hydrogen (secondary N) is 1. The summed E-state index contributed by atoms with van der Waals surface area (Å²) in [6.07, 6.45) is 1.72. The lowest BCUT2D eigenvalue weighted by molar-refractivity contribution is 0.0693. The molecule has 0 aliphatic carbocycles. The Hall–Kier alpha value is -2.95. The number of carboxylic acids is 1. The molecule has 10 heteroatoms. The van der Waals surface area contributed by atoms with Gasteiger partial charge in [0.2, 0.25) is 0 Å². The predicted octanol–water partition coefficient (Wildman–Crippen LogP) is -0.550. The topological polar surface area (TPSA) is 161 Å². The predicted molar refractivity (Wildman–Crippen MR) is 97.0 cm³/mol. The van der Waals surface area contributed by atoms with E-state index in [1.807, 2.05) is 0 Å². The lowest BCUT2D eigenvalue weighted by atomic mass is 9.72. The van der Waals surface area contributed by atoms with Crippen LogP contribution < -0.4 is 21.4 Å². The van der Waals surface area contributed by atoms with Gasteiger partial charge in [-0.05, 0) is 35.2 Å². The molecule has 1 aromatic carbocycles. The molecule has 0 saturated carbocycles. The molecular weight excluding hydrogens is 351 g/mol. The minimum Gasteiger partial charge on any atom is -0.534 e. The van der Waals surface area contributed by atoms with Crippen LogP contribution in [0.1, 0.15) is 37.5 Å². The highest BCUT2D eigenvalue weighted by Crippen LogP contribution is 2.30. The maximum absolute atomic E-state index is 12.5. The molecule has 1 aliphatic heterocycles. The molecule has 7 N–H and O–H groups in total. The number of hydrogen-bond acceptors (Lipinski definition) is 7. The molecule has 1 amide bonds. The number of nitrogens with two attached hydrogens (primary N) is 2. The van der Waals surface area contributed by atoms with Crippen molar-refractivity contribution in [3.8, 4) is 5.75 Å². The van der Waals surface area contributed by atoms with Gasteiger partial charge in [0.25, 0.3) is 5.91 Å². The van der Waals surface area contributed by atoms with Gasteiger partial charge in [-0.3, -0.25) is 9.78 Å². The molecule has 0 bridgehead atoms. The van der Waals surface area contributed by atoms with Crippen LogP contribution in [0.25, 0.3) is 0 Å². The molecule has 0 spiro atoms. The van der Waals surface area contributed by atoms with Crippen molar-refractivity contribution in [1.29, 1.82) is 0 Å². The van der Waals surface area contributed by atoms with Gasteiger partial charge in [-0.25, -0.2) is 4.79 Å². The molecule has 0 radical (unpaired) electrons. The van der Waals surface area contributed by atoms with Crippen LogP contribution in [0.15, 0.2) is 30.5 Å². The number of fused-ring (bicyclic) bond motifs is 1. The largest absolute Gasteiger partial charge is 0.547 e. The van der Waals surface area contributed by atoms with Crippen molar-refractivity contribution in [3.63, 3.8) is 0 Å². The summed E-state index contributed by atoms with van der Waals surface area (Å²) < 4.78 is 5.36. The maximum atomic E-state index is 12.5. The molecule has 1 aliphatic rings. The monoisotopic (exact) mass is 370 g/mol. The van der Waals surface area contributed by atoms with E-state index in [2.05, 4.69) is 10.3 Å². The van der Waals surface area contributed by atoms with Gasteiger partial charge < -0.3 is 31.6 Å². The van der Waals surface area contributed by atoms with E-state index in [1.54, 1.807) is 18.2 Å². The summed E-state index contributed by atoms with van der Waals surface area (Å²) in [6, 6.07) is 6.23. The third kappa shape index (κ3) is 3.77. The van der Waals surface area contributed by atoms with Crippen LogP contribution in [0.2, 0.25) is 0 Å². The van der Waals surface area contributed by atoms with E-state index in [0.717, 1.165) is 11.1 Å². The van der Waals surface area contributed by atoms with Crippen LogP contribution in [-0.4, -0.2) is 40.1 Å². The van der Waals surface area contributed by atoms with Crippen LogP contribution in [0, 0.1) is 0 Å². The highest BCUT2D eigenvalue weighted by atomic mass is 16.5. The van der Waals surface area contributed by atoms with Crippen molar-refractivity contribution in [2.75, 3.05) is 0 Å². The SMILES string of the molecule is NCc1cnc(C(=O)NC2Cc3cccc(C(=O)O)c3OB2O)cc1CN. The third-order valence-corrected chi connectivity index (χ3v) is 4.42. The van der Waals surface area contributed by atoms with Crippen LogP contribution >= 0.6 is 0 Å². The summed E-state index contributed by atoms with van der Waals surface area (Å²) in [5, 5.41) is 22.1. The van der Waals surface area contributed by atoms with E-state index < -0.39 is 24.9 Å². The quantitative estimate of drug-likeness (QED) is 0.438. The molecule has 1 unspecified atom stereocenters. The zero-order valence-electron chi connectivity index (χ0n) is 14.4. The van der Waals surface area contributed by atoms with Crippen molar-refractivity contribution >= 4 is 19.0 Å². The van der Waals surface area contributed by atoms with Crippen molar-refractivity contribution in [1.82, 2.24) is 10.3 Å². The minimum absolute atomic E-state index is 0.0389. The Labute approximate surface area is 155 Å². The average Bonchev–Trinajstić information content (AvgIpc) is 2.67. The smallest absolute Gasteiger partial charge is 0.534 e. The van der Waals surface area contributed by atoms with Crippen molar-refractivity contribution < 1.29 is 24.4 Å². The number of carboxylic acid groups (broad SMARTS) is 1. The number of benzene rings is 1. The van der Waals surface area contributed by atoms with Crippen molar-refractivity contribution in [2.45, 2.75) is 25.5 Å². The zero-order valence-corrected chi connectivity index (χ0v) is 14.4. The van der Waals surface area contributed by atoms with E-state index in [4.69, 9.17) is 16.1 Å². The van der Waals surface area contributed by atoms with E-state index in [1.165, 1.54) is 12.3 Å². The van der Waals surface area contributed by atoms with Crippen molar-refractivity contribution in [2.24, 2.45) is 11.5 Å². The zero-order chi connectivity index (χ0) is 19.6. The van der Waals surface area contributed by atoms with Gasteiger partial charge in [-0.2, -0.15) is 0 Å². The van der Waals surface area contributed by atoms with Gasteiger partial charge in [0.05, 0.1) is 11.5 Å². The molecule has 140 valence electrons. The number of hydrogen-bond donors (Lipinski definition) is 5. The maximum Gasteiger partial charge on any atom is 0.547 e. The highest BCUT2D eigenvalue weighted by molar-refractivity contribution is 6.47. The number of aromatic carboxylic acids is 1. The molecule has 2 heterocycles. The van der Waals surface area contributed by atoms with Crippen LogP contribution in [0.5, 0.6) is 5.75 Å². The Kier molecular flexibility index (Phi) is 5.40. The van der Waals surface area contributed by atoms with E-state index in [9.17, 15) is 19.7 Å². The fourth-order valence-corrected chi connectivity index (χ4v) is 2.98. The van der Waals surface area contributed by atoms with Gasteiger partial charge >= 0.3 is 13.1 Å². The minimum atomic E-state index is -1.39. The Balaban J connectivity index is 1.79. The highest BCUT2D eigenvalue weighted by Gasteiger charge is 2.38. The van der Waals surface area contributed by atoms with Gasteiger partial charge in [-0.15, -0.1) is 0 Å². The Bertz CT molecular complexity index is 892. The second-order valence-corrected chi connectivity index (χ2v) is 6.14. The first-order valence-electron chi connectivity index (χ1n) is 8.33. The Morgan fingerprint density at radius 3 is 2.70 bits per heavy atom. The van der Waals surface area contributed by atoms with Crippen LogP contribution in [-0.2, 0) is 19.5 Å². The number of para-hydroxylation sites is 1. The van der Waals surface area contributed by atoms with Crippen LogP contribution in [0.4, 0.5) is 0 Å². The first-order valence-corrected chi connectivity index (χ1v) is 8.33. The number of aromatic nitrogens is 1. The molecule has 27 heavy (non-hydrogen) atoms. The Morgan fingerprint density at radius 2 is 2.04 bits per heavy atom. The first-order chi connectivity index (χ1) is 12.9. The standard InChI is InChI=1S/C17H19BN4O5/c19-6-10-4-13(21-8-11(10)7-20)16(23)22-14-5-9-2-1-3-12(17(24)25)15(9)27-18(14)26/h1-4,8,14,26H,5-7,19-20H2,(H,22,23)(H,24,25). The second-order valence-electron chi connectivity index (χ2n) is 6.14. The first kappa shape index (κ1) is 18.8. The summed E-state index contributed by atoms with van der Waals surface area (Å²) in [7, 11) is -1.39. The number of nitrogens with zero attached hydrogens (tertiary/aromatic N) is 1. The van der Waals surface area contributed by atoms with Gasteiger partial charge in [0, 0.05) is 19.3 Å². The molecular formula is C17H19BN4O5. The van der Waals surface area contributed by atoms with Gasteiger partial charge in [-0.1, -0.05) is 12.1 Å². The molecule has 0 fully saturated rings. The second kappa shape index (κ2) is 7.74.